The molecule has 0 bridgehead atoms. The summed E-state index contributed by atoms with van der Waals surface area (Å²) in [7, 11) is -4.48. The SMILES string of the molecule is CC1(C)CCC(CN2CCN(c3ccc(C(=O)NS(=O)(=O)c4cc[c-]c([N+](=O)[O-])c4)c(Oc4cnc5[nH]ccc5c4)c3)CC2)=C(c2ccc(Cl)cc2)C1.[Au].[CH-]1CCC(NC2CC2)CC1. The zero-order valence-corrected chi connectivity index (χ0v) is 39.8. The number of allylic oxidation sites excluding steroid dienone is 1. The zero-order chi connectivity index (χ0) is 44.1. The number of nitro groups is 1. The van der Waals surface area contributed by atoms with Gasteiger partial charge in [-0.2, -0.15) is 18.9 Å². The third-order valence-electron chi connectivity index (χ3n) is 12.3. The zero-order valence-electron chi connectivity index (χ0n) is 36.0. The smallest absolute Gasteiger partial charge is 0.268 e. The molecule has 3 fully saturated rings. The van der Waals surface area contributed by atoms with E-state index in [-0.39, 0.29) is 39.1 Å². The molecule has 13 nitrogen and oxygen atoms in total. The summed E-state index contributed by atoms with van der Waals surface area (Å²) in [6, 6.07) is 24.0. The molecule has 343 valence electrons. The molecule has 0 unspecified atom stereocenters. The molecule has 2 aromatic heterocycles. The normalized spacial score (nSPS) is 18.1. The Kier molecular flexibility index (Phi) is 15.4. The van der Waals surface area contributed by atoms with Gasteiger partial charge in [0.2, 0.25) is 10.0 Å². The Balaban J connectivity index is 0.000000487. The third-order valence-corrected chi connectivity index (χ3v) is 13.9. The fourth-order valence-electron chi connectivity index (χ4n) is 8.60. The number of nitro benzene ring substituents is 1. The number of hydrogen-bond acceptors (Lipinski definition) is 10. The number of pyridine rings is 1. The van der Waals surface area contributed by atoms with Crippen molar-refractivity contribution in [2.24, 2.45) is 5.41 Å². The maximum absolute atomic E-state index is 13.6. The van der Waals surface area contributed by atoms with Crippen LogP contribution in [-0.2, 0) is 32.4 Å². The van der Waals surface area contributed by atoms with Gasteiger partial charge < -0.3 is 26.4 Å². The molecule has 4 aliphatic rings. The van der Waals surface area contributed by atoms with Crippen LogP contribution in [0.15, 0.2) is 95.7 Å². The Labute approximate surface area is 396 Å². The molecule has 5 aromatic rings. The summed E-state index contributed by atoms with van der Waals surface area (Å²) in [5.41, 5.74) is 5.24. The average Bonchev–Trinajstić information content (AvgIpc) is 3.97. The Morgan fingerprint density at radius 2 is 1.75 bits per heavy atom. The van der Waals surface area contributed by atoms with Crippen molar-refractivity contribution in [3.63, 3.8) is 0 Å². The van der Waals surface area contributed by atoms with E-state index in [1.165, 1.54) is 67.5 Å². The first-order valence-corrected chi connectivity index (χ1v) is 23.6. The van der Waals surface area contributed by atoms with Gasteiger partial charge in [-0.1, -0.05) is 62.1 Å². The number of rotatable bonds is 12. The van der Waals surface area contributed by atoms with Gasteiger partial charge in [-0.15, -0.1) is 12.1 Å². The van der Waals surface area contributed by atoms with Gasteiger partial charge in [0.1, 0.15) is 17.1 Å². The average molecular weight is 1090 g/mol. The van der Waals surface area contributed by atoms with Crippen molar-refractivity contribution in [2.45, 2.75) is 88.6 Å². The molecule has 1 saturated heterocycles. The molecule has 3 aliphatic carbocycles. The number of halogens is 1. The molecular formula is C48H54AuClN7O6S-2. The van der Waals surface area contributed by atoms with E-state index in [9.17, 15) is 23.3 Å². The Morgan fingerprint density at radius 3 is 2.47 bits per heavy atom. The van der Waals surface area contributed by atoms with Crippen molar-refractivity contribution in [1.82, 2.24) is 24.9 Å². The number of aromatic nitrogens is 2. The van der Waals surface area contributed by atoms with Crippen LogP contribution in [-0.4, -0.2) is 78.9 Å². The number of nitrogens with zero attached hydrogens (tertiary/aromatic N) is 4. The summed E-state index contributed by atoms with van der Waals surface area (Å²) in [5, 5.41) is 16.4. The van der Waals surface area contributed by atoms with Gasteiger partial charge >= 0.3 is 0 Å². The van der Waals surface area contributed by atoms with Gasteiger partial charge in [-0.25, -0.2) is 18.1 Å². The van der Waals surface area contributed by atoms with Gasteiger partial charge in [-0.05, 0) is 89.9 Å². The number of benzene rings is 3. The van der Waals surface area contributed by atoms with E-state index in [1.54, 1.807) is 24.4 Å². The molecule has 0 atom stereocenters. The monoisotopic (exact) mass is 1090 g/mol. The number of carbonyl (C=O) groups excluding carboxylic acids is 1. The van der Waals surface area contributed by atoms with Gasteiger partial charge in [0.05, 0.1) is 11.8 Å². The van der Waals surface area contributed by atoms with Crippen LogP contribution >= 0.6 is 11.6 Å². The molecule has 1 amide bonds. The minimum absolute atomic E-state index is 0. The number of aromatic amines is 1. The van der Waals surface area contributed by atoms with Crippen molar-refractivity contribution in [3.05, 3.63) is 130 Å². The van der Waals surface area contributed by atoms with Crippen LogP contribution < -0.4 is 19.7 Å². The van der Waals surface area contributed by atoms with E-state index in [4.69, 9.17) is 16.3 Å². The number of piperazine rings is 1. The first-order valence-electron chi connectivity index (χ1n) is 21.8. The van der Waals surface area contributed by atoms with Crippen molar-refractivity contribution in [1.29, 1.82) is 0 Å². The van der Waals surface area contributed by atoms with E-state index in [1.807, 2.05) is 22.9 Å². The molecule has 64 heavy (non-hydrogen) atoms. The number of sulfonamides is 1. The number of H-pyrrole nitrogens is 1. The predicted octanol–water partition coefficient (Wildman–Crippen LogP) is 9.50. The molecule has 1 aliphatic heterocycles. The van der Waals surface area contributed by atoms with Crippen molar-refractivity contribution >= 4 is 55.5 Å². The number of non-ortho nitro benzene ring substituents is 1. The van der Waals surface area contributed by atoms with E-state index in [0.717, 1.165) is 98.4 Å². The number of fused-ring (bicyclic) bond motifs is 1. The van der Waals surface area contributed by atoms with Gasteiger partial charge in [0, 0.05) is 100 Å². The number of anilines is 1. The van der Waals surface area contributed by atoms with E-state index in [2.05, 4.69) is 63.6 Å². The van der Waals surface area contributed by atoms with Crippen molar-refractivity contribution in [2.75, 3.05) is 37.6 Å². The minimum Gasteiger partial charge on any atom is -0.455 e. The number of carbonyl (C=O) groups is 1. The van der Waals surface area contributed by atoms with Crippen LogP contribution in [0.25, 0.3) is 16.6 Å². The van der Waals surface area contributed by atoms with Crippen molar-refractivity contribution < 1.29 is 45.3 Å². The topological polar surface area (TPSA) is 163 Å². The molecule has 3 aromatic carbocycles. The molecule has 3 N–H and O–H groups in total. The summed E-state index contributed by atoms with van der Waals surface area (Å²) in [6.07, 6.45) is 17.2. The van der Waals surface area contributed by atoms with Gasteiger partial charge in [0.25, 0.3) is 5.91 Å². The largest absolute Gasteiger partial charge is 0.455 e. The molecule has 3 heterocycles. The summed E-state index contributed by atoms with van der Waals surface area (Å²) < 4.78 is 34.6. The summed E-state index contributed by atoms with van der Waals surface area (Å²) in [5.74, 6) is -0.474. The van der Waals surface area contributed by atoms with Crippen LogP contribution in [0.5, 0.6) is 11.5 Å². The number of hydrogen-bond donors (Lipinski definition) is 3. The summed E-state index contributed by atoms with van der Waals surface area (Å²) in [6.45, 7) is 8.66. The second-order valence-electron chi connectivity index (χ2n) is 17.7. The standard InChI is InChI=1S/C39H38ClN6O6S.C9H16N.Au/c1-39(2)14-12-28(35(23-39)26-6-8-29(40)9-7-26)25-44-16-18-45(19-17-44)30-10-11-34(36(22-30)52-32-20-27-13-15-41-37(27)42-24-32)38(47)43-53(50,51)33-5-3-4-31(21-33)46(48)49;1-2-4-8(5-3-1)10-9-6-7-9;/h3,5-11,13,15,20-22,24H,12,14,16-19,23,25H2,1-2H3,(H,41,42)(H,43,47);1,8-10H,2-7H2;/q2*-1;. The quantitative estimate of drug-likeness (QED) is 0.0475. The van der Waals surface area contributed by atoms with Crippen LogP contribution in [0, 0.1) is 28.0 Å². The number of ether oxygens (including phenoxy) is 1. The Hall–Kier alpha value is -4.54. The third kappa shape index (κ3) is 12.2. The molecule has 9 rings (SSSR count). The first-order chi connectivity index (χ1) is 30.3. The van der Waals surface area contributed by atoms with E-state index >= 15 is 0 Å². The van der Waals surface area contributed by atoms with Gasteiger partial charge in [-0.3, -0.25) is 19.8 Å². The predicted molar refractivity (Wildman–Crippen MR) is 247 cm³/mol. The van der Waals surface area contributed by atoms with Crippen LogP contribution in [0.1, 0.15) is 87.6 Å². The Morgan fingerprint density at radius 1 is 1.02 bits per heavy atom. The van der Waals surface area contributed by atoms with Crippen LogP contribution in [0.4, 0.5) is 11.4 Å². The fraction of sp³-hybridized carbons (Fsp3) is 0.396. The minimum atomic E-state index is -4.48. The molecule has 1 radical (unpaired) electrons. The maximum atomic E-state index is 13.6. The van der Waals surface area contributed by atoms with Crippen LogP contribution in [0.3, 0.4) is 0 Å². The molecule has 2 saturated carbocycles. The van der Waals surface area contributed by atoms with Crippen molar-refractivity contribution in [3.8, 4) is 11.5 Å². The number of nitrogens with one attached hydrogen (secondary N) is 3. The van der Waals surface area contributed by atoms with E-state index in [0.29, 0.717) is 11.4 Å². The second kappa shape index (κ2) is 20.7. The summed E-state index contributed by atoms with van der Waals surface area (Å²) in [4.78, 5) is 35.7. The number of amides is 1. The van der Waals surface area contributed by atoms with E-state index < -0.39 is 31.4 Å². The Bertz CT molecular complexity index is 2580. The summed E-state index contributed by atoms with van der Waals surface area (Å²) >= 11 is 6.21. The second-order valence-corrected chi connectivity index (χ2v) is 19.9. The maximum Gasteiger partial charge on any atom is 0.268 e. The molecule has 0 spiro atoms. The first kappa shape index (κ1) is 47.4. The fourth-order valence-corrected chi connectivity index (χ4v) is 9.71. The molecule has 16 heteroatoms. The van der Waals surface area contributed by atoms with Crippen LogP contribution in [0.2, 0.25) is 5.02 Å². The molecular weight excluding hydrogens is 1040 g/mol. The van der Waals surface area contributed by atoms with Gasteiger partial charge in [0.15, 0.2) is 5.69 Å².